The summed E-state index contributed by atoms with van der Waals surface area (Å²) in [6, 6.07) is 0.663. The van der Waals surface area contributed by atoms with Gasteiger partial charge in [0.05, 0.1) is 5.60 Å². The van der Waals surface area contributed by atoms with E-state index in [2.05, 4.69) is 33.0 Å². The van der Waals surface area contributed by atoms with Gasteiger partial charge >= 0.3 is 0 Å². The highest BCUT2D eigenvalue weighted by molar-refractivity contribution is 4.96. The van der Waals surface area contributed by atoms with Gasteiger partial charge in [0, 0.05) is 19.7 Å². The molecule has 0 radical (unpaired) electrons. The zero-order chi connectivity index (χ0) is 13.4. The van der Waals surface area contributed by atoms with Crippen LogP contribution in [-0.2, 0) is 4.74 Å². The van der Waals surface area contributed by atoms with Crippen molar-refractivity contribution >= 4 is 0 Å². The highest BCUT2D eigenvalue weighted by Crippen LogP contribution is 2.46. The molecule has 0 aromatic heterocycles. The topological polar surface area (TPSA) is 21.3 Å². The van der Waals surface area contributed by atoms with E-state index in [-0.39, 0.29) is 5.60 Å². The van der Waals surface area contributed by atoms with E-state index in [1.165, 1.54) is 38.5 Å². The standard InChI is InChI=1S/C16H31NO/c1-14(2)9-13(10-15(3,4)11-14)17-12-16(18-5)7-6-8-16/h13,17H,6-12H2,1-5H3. The van der Waals surface area contributed by atoms with E-state index >= 15 is 0 Å². The van der Waals surface area contributed by atoms with Crippen molar-refractivity contribution in [2.75, 3.05) is 13.7 Å². The minimum absolute atomic E-state index is 0.158. The molecule has 0 saturated heterocycles. The fourth-order valence-electron chi connectivity index (χ4n) is 4.34. The molecule has 106 valence electrons. The average molecular weight is 253 g/mol. The van der Waals surface area contributed by atoms with Crippen molar-refractivity contribution in [1.82, 2.24) is 5.32 Å². The van der Waals surface area contributed by atoms with Crippen LogP contribution in [0.15, 0.2) is 0 Å². The van der Waals surface area contributed by atoms with Crippen LogP contribution >= 0.6 is 0 Å². The average Bonchev–Trinajstić information content (AvgIpc) is 2.11. The van der Waals surface area contributed by atoms with Crippen LogP contribution in [0.5, 0.6) is 0 Å². The summed E-state index contributed by atoms with van der Waals surface area (Å²) in [7, 11) is 1.87. The first-order valence-electron chi connectivity index (χ1n) is 7.55. The van der Waals surface area contributed by atoms with Crippen LogP contribution < -0.4 is 5.32 Å². The largest absolute Gasteiger partial charge is 0.377 e. The second-order valence-electron chi connectivity index (χ2n) is 8.23. The molecule has 0 spiro atoms. The summed E-state index contributed by atoms with van der Waals surface area (Å²) in [6.45, 7) is 10.7. The van der Waals surface area contributed by atoms with Gasteiger partial charge in [0.1, 0.15) is 0 Å². The minimum atomic E-state index is 0.158. The molecule has 2 saturated carbocycles. The van der Waals surface area contributed by atoms with Crippen LogP contribution in [0, 0.1) is 10.8 Å². The number of nitrogens with one attached hydrogen (secondary N) is 1. The molecular formula is C16H31NO. The predicted octanol–water partition coefficient (Wildman–Crippen LogP) is 3.75. The van der Waals surface area contributed by atoms with E-state index in [9.17, 15) is 0 Å². The lowest BCUT2D eigenvalue weighted by Crippen LogP contribution is -2.53. The molecule has 0 atom stereocenters. The van der Waals surface area contributed by atoms with Gasteiger partial charge in [-0.15, -0.1) is 0 Å². The Morgan fingerprint density at radius 2 is 1.61 bits per heavy atom. The molecule has 0 aliphatic heterocycles. The SMILES string of the molecule is COC1(CNC2CC(C)(C)CC(C)(C)C2)CCC1. The Labute approximate surface area is 113 Å². The fraction of sp³-hybridized carbons (Fsp3) is 1.00. The smallest absolute Gasteiger partial charge is 0.0802 e. The Balaban J connectivity index is 1.89. The zero-order valence-corrected chi connectivity index (χ0v) is 12.9. The summed E-state index contributed by atoms with van der Waals surface area (Å²) in [5, 5.41) is 3.80. The summed E-state index contributed by atoms with van der Waals surface area (Å²) >= 11 is 0. The third-order valence-corrected chi connectivity index (χ3v) is 4.97. The van der Waals surface area contributed by atoms with Crippen molar-refractivity contribution in [3.8, 4) is 0 Å². The maximum Gasteiger partial charge on any atom is 0.0802 e. The van der Waals surface area contributed by atoms with Crippen molar-refractivity contribution in [1.29, 1.82) is 0 Å². The lowest BCUT2D eigenvalue weighted by molar-refractivity contribution is -0.0736. The van der Waals surface area contributed by atoms with E-state index < -0.39 is 0 Å². The first kappa shape index (κ1) is 14.3. The lowest BCUT2D eigenvalue weighted by Gasteiger charge is -2.47. The summed E-state index contributed by atoms with van der Waals surface area (Å²) in [5.41, 5.74) is 1.10. The highest BCUT2D eigenvalue weighted by Gasteiger charge is 2.41. The first-order valence-corrected chi connectivity index (χ1v) is 7.55. The van der Waals surface area contributed by atoms with Gasteiger partial charge in [-0.05, 0) is 49.4 Å². The molecular weight excluding hydrogens is 222 g/mol. The molecule has 18 heavy (non-hydrogen) atoms. The lowest BCUT2D eigenvalue weighted by atomic mass is 9.63. The van der Waals surface area contributed by atoms with Crippen molar-refractivity contribution in [2.45, 2.75) is 77.9 Å². The van der Waals surface area contributed by atoms with Crippen molar-refractivity contribution in [2.24, 2.45) is 10.8 Å². The number of rotatable bonds is 4. The van der Waals surface area contributed by atoms with Gasteiger partial charge < -0.3 is 10.1 Å². The molecule has 0 heterocycles. The maximum atomic E-state index is 5.71. The van der Waals surface area contributed by atoms with Crippen LogP contribution in [0.2, 0.25) is 0 Å². The zero-order valence-electron chi connectivity index (χ0n) is 12.9. The molecule has 0 bridgehead atoms. The van der Waals surface area contributed by atoms with Gasteiger partial charge in [-0.2, -0.15) is 0 Å². The van der Waals surface area contributed by atoms with Gasteiger partial charge in [-0.25, -0.2) is 0 Å². The van der Waals surface area contributed by atoms with E-state index in [1.807, 2.05) is 7.11 Å². The van der Waals surface area contributed by atoms with Crippen LogP contribution in [0.3, 0.4) is 0 Å². The first-order chi connectivity index (χ1) is 8.26. The number of methoxy groups -OCH3 is 1. The Morgan fingerprint density at radius 3 is 2.00 bits per heavy atom. The Morgan fingerprint density at radius 1 is 1.06 bits per heavy atom. The van der Waals surface area contributed by atoms with Crippen LogP contribution in [-0.4, -0.2) is 25.3 Å². The Hall–Kier alpha value is -0.0800. The van der Waals surface area contributed by atoms with Crippen LogP contribution in [0.4, 0.5) is 0 Å². The molecule has 0 aromatic rings. The highest BCUT2D eigenvalue weighted by atomic mass is 16.5. The van der Waals surface area contributed by atoms with Gasteiger partial charge in [0.25, 0.3) is 0 Å². The maximum absolute atomic E-state index is 5.71. The van der Waals surface area contributed by atoms with E-state index in [0.717, 1.165) is 6.54 Å². The van der Waals surface area contributed by atoms with Gasteiger partial charge in [-0.1, -0.05) is 27.7 Å². The monoisotopic (exact) mass is 253 g/mol. The summed E-state index contributed by atoms with van der Waals surface area (Å²) in [5.74, 6) is 0. The second kappa shape index (κ2) is 4.79. The molecule has 1 N–H and O–H groups in total. The quantitative estimate of drug-likeness (QED) is 0.824. The normalized spacial score (nSPS) is 29.8. The van der Waals surface area contributed by atoms with Crippen molar-refractivity contribution in [3.05, 3.63) is 0 Å². The Kier molecular flexibility index (Phi) is 3.81. The van der Waals surface area contributed by atoms with Gasteiger partial charge in [-0.3, -0.25) is 0 Å². The van der Waals surface area contributed by atoms with Crippen LogP contribution in [0.1, 0.15) is 66.2 Å². The van der Waals surface area contributed by atoms with Crippen LogP contribution in [0.25, 0.3) is 0 Å². The fourth-order valence-corrected chi connectivity index (χ4v) is 4.34. The molecule has 2 heteroatoms. The molecule has 0 unspecified atom stereocenters. The number of hydrogen-bond donors (Lipinski definition) is 1. The molecule has 2 rings (SSSR count). The van der Waals surface area contributed by atoms with Gasteiger partial charge in [0.15, 0.2) is 0 Å². The minimum Gasteiger partial charge on any atom is -0.377 e. The summed E-state index contributed by atoms with van der Waals surface area (Å²) < 4.78 is 5.71. The molecule has 0 amide bonds. The molecule has 2 aliphatic rings. The predicted molar refractivity (Wildman–Crippen MR) is 76.8 cm³/mol. The number of ether oxygens (including phenoxy) is 1. The van der Waals surface area contributed by atoms with E-state index in [1.54, 1.807) is 0 Å². The third kappa shape index (κ3) is 3.27. The number of hydrogen-bond acceptors (Lipinski definition) is 2. The van der Waals surface area contributed by atoms with Crippen molar-refractivity contribution < 1.29 is 4.74 Å². The third-order valence-electron chi connectivity index (χ3n) is 4.97. The second-order valence-corrected chi connectivity index (χ2v) is 8.23. The van der Waals surface area contributed by atoms with Gasteiger partial charge in [0.2, 0.25) is 0 Å². The Bertz CT molecular complexity index is 270. The summed E-state index contributed by atoms with van der Waals surface area (Å²) in [4.78, 5) is 0. The van der Waals surface area contributed by atoms with Crippen molar-refractivity contribution in [3.63, 3.8) is 0 Å². The molecule has 2 nitrogen and oxygen atoms in total. The van der Waals surface area contributed by atoms with E-state index in [0.29, 0.717) is 16.9 Å². The molecule has 2 aliphatic carbocycles. The van der Waals surface area contributed by atoms with E-state index in [4.69, 9.17) is 4.74 Å². The summed E-state index contributed by atoms with van der Waals surface area (Å²) in [6.07, 6.45) is 7.74. The molecule has 2 fully saturated rings. The molecule has 0 aromatic carbocycles.